The van der Waals surface area contributed by atoms with Gasteiger partial charge in [-0.05, 0) is 31.0 Å². The molecule has 17 heavy (non-hydrogen) atoms. The fourth-order valence-corrected chi connectivity index (χ4v) is 2.40. The molecule has 0 radical (unpaired) electrons. The molecule has 2 aromatic rings. The fraction of sp³-hybridized carbons (Fsp3) is 0.462. The van der Waals surface area contributed by atoms with Crippen LogP contribution in [0.5, 0.6) is 0 Å². The summed E-state index contributed by atoms with van der Waals surface area (Å²) in [5, 5.41) is 12.8. The molecule has 1 aromatic carbocycles. The first kappa shape index (κ1) is 10.6. The summed E-state index contributed by atoms with van der Waals surface area (Å²) in [6, 6.07) is 6.10. The molecule has 0 bridgehead atoms. The third-order valence-electron chi connectivity index (χ3n) is 3.84. The zero-order chi connectivity index (χ0) is 11.7. The number of rotatable bonds is 4. The van der Waals surface area contributed by atoms with Crippen LogP contribution >= 0.6 is 0 Å². The van der Waals surface area contributed by atoms with E-state index in [0.29, 0.717) is 0 Å². The third kappa shape index (κ3) is 1.89. The molecule has 4 heteroatoms. The molecular formula is C13H17N3O. The van der Waals surface area contributed by atoms with Crippen molar-refractivity contribution in [1.29, 1.82) is 0 Å². The average Bonchev–Trinajstić information content (AvgIpc) is 2.75. The standard InChI is InChI=1S/C13H17N3O/c17-8-13(4-1-5-13)7-14-10-2-3-11-12(6-10)16-9-15-11/h2-3,6,9,14,17H,1,4-5,7-8H2,(H,15,16). The van der Waals surface area contributed by atoms with E-state index in [0.717, 1.165) is 36.1 Å². The van der Waals surface area contributed by atoms with Gasteiger partial charge in [0.05, 0.1) is 24.0 Å². The van der Waals surface area contributed by atoms with E-state index >= 15 is 0 Å². The van der Waals surface area contributed by atoms with E-state index in [2.05, 4.69) is 21.4 Å². The summed E-state index contributed by atoms with van der Waals surface area (Å²) in [6.07, 6.45) is 5.20. The van der Waals surface area contributed by atoms with Gasteiger partial charge in [0.25, 0.3) is 0 Å². The zero-order valence-electron chi connectivity index (χ0n) is 9.74. The molecule has 1 saturated carbocycles. The Morgan fingerprint density at radius 3 is 3.00 bits per heavy atom. The molecular weight excluding hydrogens is 214 g/mol. The number of nitrogens with one attached hydrogen (secondary N) is 2. The normalized spacial score (nSPS) is 17.9. The molecule has 1 aromatic heterocycles. The lowest BCUT2D eigenvalue weighted by Crippen LogP contribution is -2.39. The van der Waals surface area contributed by atoms with Gasteiger partial charge in [-0.25, -0.2) is 4.98 Å². The number of benzene rings is 1. The SMILES string of the molecule is OCC1(CNc2ccc3nc[nH]c3c2)CCC1. The van der Waals surface area contributed by atoms with Crippen LogP contribution in [0.2, 0.25) is 0 Å². The van der Waals surface area contributed by atoms with Crippen molar-refractivity contribution in [3.8, 4) is 0 Å². The van der Waals surface area contributed by atoms with Gasteiger partial charge in [-0.3, -0.25) is 0 Å². The maximum absolute atomic E-state index is 9.40. The Kier molecular flexibility index (Phi) is 2.52. The molecule has 3 rings (SSSR count). The van der Waals surface area contributed by atoms with Crippen LogP contribution in [0.4, 0.5) is 5.69 Å². The van der Waals surface area contributed by atoms with Crippen LogP contribution in [0.25, 0.3) is 11.0 Å². The van der Waals surface area contributed by atoms with E-state index in [-0.39, 0.29) is 12.0 Å². The van der Waals surface area contributed by atoms with Gasteiger partial charge in [0.2, 0.25) is 0 Å². The van der Waals surface area contributed by atoms with Crippen molar-refractivity contribution in [2.75, 3.05) is 18.5 Å². The second-order valence-electron chi connectivity index (χ2n) is 5.00. The Balaban J connectivity index is 1.71. The zero-order valence-corrected chi connectivity index (χ0v) is 9.74. The molecule has 0 amide bonds. The molecule has 3 N–H and O–H groups in total. The predicted molar refractivity (Wildman–Crippen MR) is 68.0 cm³/mol. The minimum Gasteiger partial charge on any atom is -0.396 e. The average molecular weight is 231 g/mol. The summed E-state index contributed by atoms with van der Waals surface area (Å²) in [6.45, 7) is 1.13. The van der Waals surface area contributed by atoms with Crippen molar-refractivity contribution in [3.05, 3.63) is 24.5 Å². The maximum Gasteiger partial charge on any atom is 0.0931 e. The largest absolute Gasteiger partial charge is 0.396 e. The smallest absolute Gasteiger partial charge is 0.0931 e. The molecule has 0 atom stereocenters. The van der Waals surface area contributed by atoms with Crippen LogP contribution in [0.3, 0.4) is 0 Å². The lowest BCUT2D eigenvalue weighted by Gasteiger charge is -2.40. The van der Waals surface area contributed by atoms with Crippen molar-refractivity contribution in [1.82, 2.24) is 9.97 Å². The number of aliphatic hydroxyl groups excluding tert-OH is 1. The molecule has 90 valence electrons. The molecule has 1 aliphatic rings. The highest BCUT2D eigenvalue weighted by Crippen LogP contribution is 2.40. The van der Waals surface area contributed by atoms with Gasteiger partial charge < -0.3 is 15.4 Å². The molecule has 1 aliphatic carbocycles. The quantitative estimate of drug-likeness (QED) is 0.755. The first-order valence-electron chi connectivity index (χ1n) is 6.09. The number of fused-ring (bicyclic) bond motifs is 1. The highest BCUT2D eigenvalue weighted by Gasteiger charge is 2.35. The minimum atomic E-state index is 0.114. The number of hydrogen-bond acceptors (Lipinski definition) is 3. The van der Waals surface area contributed by atoms with E-state index in [1.807, 2.05) is 12.1 Å². The molecule has 0 unspecified atom stereocenters. The Morgan fingerprint density at radius 1 is 1.41 bits per heavy atom. The van der Waals surface area contributed by atoms with Gasteiger partial charge in [0.15, 0.2) is 0 Å². The summed E-state index contributed by atoms with van der Waals surface area (Å²) in [5.74, 6) is 0. The second-order valence-corrected chi connectivity index (χ2v) is 5.00. The van der Waals surface area contributed by atoms with Crippen LogP contribution in [0.1, 0.15) is 19.3 Å². The predicted octanol–water partition coefficient (Wildman–Crippen LogP) is 2.14. The van der Waals surface area contributed by atoms with Crippen molar-refractivity contribution < 1.29 is 5.11 Å². The number of aromatic amines is 1. The van der Waals surface area contributed by atoms with E-state index in [1.54, 1.807) is 6.33 Å². The highest BCUT2D eigenvalue weighted by atomic mass is 16.3. The van der Waals surface area contributed by atoms with Gasteiger partial charge in [-0.1, -0.05) is 6.42 Å². The van der Waals surface area contributed by atoms with Crippen LogP contribution in [-0.4, -0.2) is 28.2 Å². The number of aliphatic hydroxyl groups is 1. The van der Waals surface area contributed by atoms with E-state index < -0.39 is 0 Å². The first-order chi connectivity index (χ1) is 8.31. The monoisotopic (exact) mass is 231 g/mol. The summed E-state index contributed by atoms with van der Waals surface area (Å²) in [4.78, 5) is 7.29. The number of imidazole rings is 1. The Morgan fingerprint density at radius 2 is 2.29 bits per heavy atom. The maximum atomic E-state index is 9.40. The summed E-state index contributed by atoms with van der Waals surface area (Å²) in [7, 11) is 0. The van der Waals surface area contributed by atoms with E-state index in [1.165, 1.54) is 6.42 Å². The summed E-state index contributed by atoms with van der Waals surface area (Å²) < 4.78 is 0. The summed E-state index contributed by atoms with van der Waals surface area (Å²) in [5.41, 5.74) is 3.22. The van der Waals surface area contributed by atoms with Gasteiger partial charge in [-0.2, -0.15) is 0 Å². The van der Waals surface area contributed by atoms with E-state index in [4.69, 9.17) is 0 Å². The Hall–Kier alpha value is -1.55. The minimum absolute atomic E-state index is 0.114. The van der Waals surface area contributed by atoms with Crippen LogP contribution in [-0.2, 0) is 0 Å². The second kappa shape index (κ2) is 4.04. The van der Waals surface area contributed by atoms with Gasteiger partial charge >= 0.3 is 0 Å². The number of aromatic nitrogens is 2. The molecule has 0 saturated heterocycles. The number of anilines is 1. The lowest BCUT2D eigenvalue weighted by molar-refractivity contribution is 0.0576. The number of nitrogens with zero attached hydrogens (tertiary/aromatic N) is 1. The topological polar surface area (TPSA) is 60.9 Å². The summed E-state index contributed by atoms with van der Waals surface area (Å²) >= 11 is 0. The molecule has 1 fully saturated rings. The lowest BCUT2D eigenvalue weighted by atomic mass is 9.69. The first-order valence-corrected chi connectivity index (χ1v) is 6.09. The highest BCUT2D eigenvalue weighted by molar-refractivity contribution is 5.78. The number of H-pyrrole nitrogens is 1. The van der Waals surface area contributed by atoms with Crippen molar-refractivity contribution >= 4 is 16.7 Å². The van der Waals surface area contributed by atoms with Crippen molar-refractivity contribution in [3.63, 3.8) is 0 Å². The van der Waals surface area contributed by atoms with Gasteiger partial charge in [0, 0.05) is 17.6 Å². The van der Waals surface area contributed by atoms with Gasteiger partial charge in [-0.15, -0.1) is 0 Å². The van der Waals surface area contributed by atoms with Crippen LogP contribution in [0, 0.1) is 5.41 Å². The Bertz CT molecular complexity index is 511. The third-order valence-corrected chi connectivity index (χ3v) is 3.84. The Labute approximate surface area is 100 Å². The number of hydrogen-bond donors (Lipinski definition) is 3. The van der Waals surface area contributed by atoms with Crippen molar-refractivity contribution in [2.45, 2.75) is 19.3 Å². The molecule has 4 nitrogen and oxygen atoms in total. The molecule has 0 aliphatic heterocycles. The molecule has 0 spiro atoms. The van der Waals surface area contributed by atoms with Gasteiger partial charge in [0.1, 0.15) is 0 Å². The fourth-order valence-electron chi connectivity index (χ4n) is 2.40. The van der Waals surface area contributed by atoms with Crippen LogP contribution in [0.15, 0.2) is 24.5 Å². The van der Waals surface area contributed by atoms with Crippen LogP contribution < -0.4 is 5.32 Å². The van der Waals surface area contributed by atoms with Crippen molar-refractivity contribution in [2.24, 2.45) is 5.41 Å². The van der Waals surface area contributed by atoms with E-state index in [9.17, 15) is 5.11 Å². The molecule has 1 heterocycles.